The summed E-state index contributed by atoms with van der Waals surface area (Å²) in [7, 11) is 0.590. The molecule has 4 rings (SSSR count). The van der Waals surface area contributed by atoms with Gasteiger partial charge in [-0.15, -0.1) is 0 Å². The van der Waals surface area contributed by atoms with E-state index in [-0.39, 0.29) is 10.6 Å². The number of rotatable bonds is 7. The monoisotopic (exact) mass is 673 g/mol. The van der Waals surface area contributed by atoms with Gasteiger partial charge in [-0.2, -0.15) is 26.3 Å². The highest BCUT2D eigenvalue weighted by Crippen LogP contribution is 2.34. The second kappa shape index (κ2) is 15.2. The number of carboxylic acids is 2. The summed E-state index contributed by atoms with van der Waals surface area (Å²) >= 11 is 0. The molecule has 3 aromatic rings. The smallest absolute Gasteiger partial charge is 0.490 e. The first-order chi connectivity index (χ1) is 20.9. The van der Waals surface area contributed by atoms with E-state index in [1.165, 1.54) is 24.3 Å². The van der Waals surface area contributed by atoms with Gasteiger partial charge in [0.25, 0.3) is 10.0 Å². The van der Waals surface area contributed by atoms with Gasteiger partial charge in [0.2, 0.25) is 0 Å². The van der Waals surface area contributed by atoms with Crippen molar-refractivity contribution >= 4 is 32.9 Å². The summed E-state index contributed by atoms with van der Waals surface area (Å²) < 4.78 is 108. The fraction of sp³-hybridized carbons (Fsp3) is 0.385. The van der Waals surface area contributed by atoms with Gasteiger partial charge in [0.05, 0.1) is 26.8 Å². The van der Waals surface area contributed by atoms with Gasteiger partial charge in [0.1, 0.15) is 22.1 Å². The fourth-order valence-corrected chi connectivity index (χ4v) is 5.44. The molecule has 19 heteroatoms. The Labute approximate surface area is 252 Å². The standard InChI is InChI=1S/C22H27N3O5S.2C2HF3O2/c1-28-17-4-5-21(30-3)22(14-17)31(26,27)25-9-6-19-16(12-18(29-2)13-20(19)25)15-24-10-7-23-8-11-24;2*3-2(4,5)1(6)7/h4-6,9,12-14,23H,7-8,10-11,15H2,1-3H3;2*(H,6,7). The van der Waals surface area contributed by atoms with E-state index in [9.17, 15) is 34.8 Å². The van der Waals surface area contributed by atoms with Crippen molar-refractivity contribution in [1.82, 2.24) is 14.2 Å². The lowest BCUT2D eigenvalue weighted by Gasteiger charge is -2.27. The molecule has 3 N–H and O–H groups in total. The van der Waals surface area contributed by atoms with Crippen LogP contribution >= 0.6 is 0 Å². The van der Waals surface area contributed by atoms with Crippen LogP contribution in [0.3, 0.4) is 0 Å². The molecule has 0 unspecified atom stereocenters. The number of benzene rings is 2. The van der Waals surface area contributed by atoms with Crippen LogP contribution in [0.15, 0.2) is 47.5 Å². The summed E-state index contributed by atoms with van der Waals surface area (Å²) in [6.07, 6.45) is -8.58. The number of aliphatic carboxylic acids is 2. The molecule has 45 heavy (non-hydrogen) atoms. The number of nitrogens with one attached hydrogen (secondary N) is 1. The Morgan fingerprint density at radius 2 is 1.38 bits per heavy atom. The molecule has 0 radical (unpaired) electrons. The Morgan fingerprint density at radius 1 is 0.844 bits per heavy atom. The third-order valence-corrected chi connectivity index (χ3v) is 7.77. The zero-order chi connectivity index (χ0) is 34.2. The van der Waals surface area contributed by atoms with Gasteiger partial charge < -0.3 is 29.7 Å². The zero-order valence-electron chi connectivity index (χ0n) is 23.9. The van der Waals surface area contributed by atoms with Gasteiger partial charge >= 0.3 is 24.3 Å². The molecule has 0 amide bonds. The average molecular weight is 674 g/mol. The number of aromatic nitrogens is 1. The third kappa shape index (κ3) is 9.88. The normalized spacial score (nSPS) is 14.0. The van der Waals surface area contributed by atoms with Crippen LogP contribution < -0.4 is 19.5 Å². The van der Waals surface area contributed by atoms with Crippen LogP contribution in [0.4, 0.5) is 26.3 Å². The van der Waals surface area contributed by atoms with E-state index >= 15 is 0 Å². The maximum Gasteiger partial charge on any atom is 0.490 e. The van der Waals surface area contributed by atoms with Crippen molar-refractivity contribution in [3.63, 3.8) is 0 Å². The molecule has 1 aromatic heterocycles. The lowest BCUT2D eigenvalue weighted by atomic mass is 10.1. The summed E-state index contributed by atoms with van der Waals surface area (Å²) in [6, 6.07) is 10.3. The van der Waals surface area contributed by atoms with Gasteiger partial charge in [0.15, 0.2) is 0 Å². The van der Waals surface area contributed by atoms with E-state index in [1.807, 2.05) is 12.1 Å². The molecule has 250 valence electrons. The van der Waals surface area contributed by atoms with Crippen LogP contribution in [0, 0.1) is 0 Å². The highest BCUT2D eigenvalue weighted by atomic mass is 32.2. The summed E-state index contributed by atoms with van der Waals surface area (Å²) in [5.74, 6) is -4.20. The minimum Gasteiger partial charge on any atom is -0.497 e. The molecule has 0 atom stereocenters. The molecular formula is C26H29F6N3O9S. The molecule has 0 aliphatic carbocycles. The SMILES string of the molecule is COc1ccc(OC)c(S(=O)(=O)n2ccc3c(CN4CCNCC4)cc(OC)cc32)c1.O=C(O)C(F)(F)F.O=C(O)C(F)(F)F. The van der Waals surface area contributed by atoms with Crippen molar-refractivity contribution < 1.29 is 68.8 Å². The number of carbonyl (C=O) groups is 2. The van der Waals surface area contributed by atoms with Gasteiger partial charge in [0, 0.05) is 56.4 Å². The number of hydrogen-bond donors (Lipinski definition) is 3. The Morgan fingerprint density at radius 3 is 1.84 bits per heavy atom. The number of nitrogens with zero attached hydrogens (tertiary/aromatic N) is 2. The van der Waals surface area contributed by atoms with Crippen molar-refractivity contribution in [1.29, 1.82) is 0 Å². The largest absolute Gasteiger partial charge is 0.497 e. The summed E-state index contributed by atoms with van der Waals surface area (Å²) in [5, 5.41) is 18.5. The zero-order valence-corrected chi connectivity index (χ0v) is 24.7. The van der Waals surface area contributed by atoms with Crippen molar-refractivity contribution in [3.8, 4) is 17.2 Å². The van der Waals surface area contributed by atoms with E-state index < -0.39 is 34.3 Å². The Kier molecular flexibility index (Phi) is 12.5. The third-order valence-electron chi connectivity index (χ3n) is 6.06. The van der Waals surface area contributed by atoms with Crippen molar-refractivity contribution in [2.24, 2.45) is 0 Å². The highest BCUT2D eigenvalue weighted by Gasteiger charge is 2.39. The number of halogens is 6. The van der Waals surface area contributed by atoms with Gasteiger partial charge in [-0.25, -0.2) is 22.0 Å². The lowest BCUT2D eigenvalue weighted by Crippen LogP contribution is -2.42. The van der Waals surface area contributed by atoms with Gasteiger partial charge in [-0.1, -0.05) is 0 Å². The first-order valence-corrected chi connectivity index (χ1v) is 14.0. The number of alkyl halides is 6. The van der Waals surface area contributed by atoms with Gasteiger partial charge in [-0.3, -0.25) is 4.90 Å². The minimum absolute atomic E-state index is 0.0401. The van der Waals surface area contributed by atoms with E-state index in [0.29, 0.717) is 17.0 Å². The van der Waals surface area contributed by atoms with Crippen LogP contribution in [0.5, 0.6) is 17.2 Å². The predicted octanol–water partition coefficient (Wildman–Crippen LogP) is 3.58. The maximum absolute atomic E-state index is 13.6. The molecule has 1 fully saturated rings. The Hall–Kier alpha value is -4.23. The summed E-state index contributed by atoms with van der Waals surface area (Å²) in [5.41, 5.74) is 1.59. The molecule has 12 nitrogen and oxygen atoms in total. The molecule has 0 bridgehead atoms. The summed E-state index contributed by atoms with van der Waals surface area (Å²) in [4.78, 5) is 20.2. The predicted molar refractivity (Wildman–Crippen MR) is 146 cm³/mol. The topological polar surface area (TPSA) is 157 Å². The number of piperazine rings is 1. The fourth-order valence-electron chi connectivity index (χ4n) is 3.93. The highest BCUT2D eigenvalue weighted by molar-refractivity contribution is 7.90. The number of hydrogen-bond acceptors (Lipinski definition) is 9. The van der Waals surface area contributed by atoms with Crippen molar-refractivity contribution in [2.45, 2.75) is 23.8 Å². The molecular weight excluding hydrogens is 644 g/mol. The number of carboxylic acid groups (broad SMARTS) is 2. The molecule has 2 heterocycles. The van der Waals surface area contributed by atoms with Crippen LogP contribution in [-0.2, 0) is 26.2 Å². The van der Waals surface area contributed by atoms with E-state index in [0.717, 1.165) is 43.7 Å². The Bertz CT molecular complexity index is 1560. The van der Waals surface area contributed by atoms with Crippen LogP contribution in [0.2, 0.25) is 0 Å². The van der Waals surface area contributed by atoms with Crippen LogP contribution in [0.1, 0.15) is 5.56 Å². The Balaban J connectivity index is 0.000000421. The first kappa shape index (κ1) is 37.0. The van der Waals surface area contributed by atoms with Crippen LogP contribution in [0.25, 0.3) is 10.9 Å². The summed E-state index contributed by atoms with van der Waals surface area (Å²) in [6.45, 7) is 4.50. The minimum atomic E-state index is -5.08. The first-order valence-electron chi connectivity index (χ1n) is 12.6. The average Bonchev–Trinajstić information content (AvgIpc) is 3.42. The number of methoxy groups -OCH3 is 3. The number of fused-ring (bicyclic) bond motifs is 1. The van der Waals surface area contributed by atoms with E-state index in [1.54, 1.807) is 31.5 Å². The number of ether oxygens (including phenoxy) is 3. The lowest BCUT2D eigenvalue weighted by molar-refractivity contribution is -0.193. The second-order valence-electron chi connectivity index (χ2n) is 8.98. The van der Waals surface area contributed by atoms with Gasteiger partial charge in [-0.05, 0) is 29.8 Å². The van der Waals surface area contributed by atoms with Crippen molar-refractivity contribution in [3.05, 3.63) is 48.2 Å². The van der Waals surface area contributed by atoms with Crippen LogP contribution in [-0.4, -0.2) is 99.3 Å². The molecule has 2 aromatic carbocycles. The van der Waals surface area contributed by atoms with E-state index in [4.69, 9.17) is 34.0 Å². The molecule has 1 saturated heterocycles. The molecule has 0 spiro atoms. The van der Waals surface area contributed by atoms with Crippen molar-refractivity contribution in [2.75, 3.05) is 47.5 Å². The molecule has 0 saturated carbocycles. The second-order valence-corrected chi connectivity index (χ2v) is 10.8. The molecule has 1 aliphatic rings. The quantitative estimate of drug-likeness (QED) is 0.315. The maximum atomic E-state index is 13.6. The molecule has 1 aliphatic heterocycles. The van der Waals surface area contributed by atoms with E-state index in [2.05, 4.69) is 10.2 Å².